The van der Waals surface area contributed by atoms with E-state index in [1.807, 2.05) is 11.5 Å². The van der Waals surface area contributed by atoms with Gasteiger partial charge in [0.25, 0.3) is 5.91 Å². The first-order chi connectivity index (χ1) is 25.7. The number of thiazole rings is 1. The Morgan fingerprint density at radius 2 is 1.94 bits per heavy atom. The van der Waals surface area contributed by atoms with Gasteiger partial charge in [-0.3, -0.25) is 14.3 Å². The second-order valence-corrected chi connectivity index (χ2v) is 17.7. The van der Waals surface area contributed by atoms with Gasteiger partial charge in [0.05, 0.1) is 30.1 Å². The van der Waals surface area contributed by atoms with Crippen LogP contribution in [0.5, 0.6) is 11.5 Å². The first kappa shape index (κ1) is 39.5. The number of carbonyl (C=O) groups excluding carboxylic acids is 3. The molecule has 1 aliphatic heterocycles. The molecule has 1 aromatic carbocycles. The normalized spacial score (nSPS) is 22.2. The minimum Gasteiger partial charge on any atom is -0.495 e. The number of allylic oxidation sites excluding steroid dienone is 1. The van der Waals surface area contributed by atoms with Crippen molar-refractivity contribution >= 4 is 61.7 Å². The summed E-state index contributed by atoms with van der Waals surface area (Å²) in [6.45, 7) is 12.2. The number of unbranched alkanes of at least 4 members (excludes halogenated alkanes) is 2. The third-order valence-corrected chi connectivity index (χ3v) is 13.3. The minimum absolute atomic E-state index is 0.00115. The summed E-state index contributed by atoms with van der Waals surface area (Å²) < 4.78 is 39.7. The summed E-state index contributed by atoms with van der Waals surface area (Å²) in [7, 11) is -0.651. The van der Waals surface area contributed by atoms with Crippen LogP contribution in [0, 0.1) is 5.92 Å². The second kappa shape index (κ2) is 15.9. The van der Waals surface area contributed by atoms with E-state index in [2.05, 4.69) is 37.0 Å². The number of urea groups is 1. The van der Waals surface area contributed by atoms with Crippen molar-refractivity contribution < 1.29 is 32.3 Å². The molecule has 4 atom stereocenters. The second-order valence-electron chi connectivity index (χ2n) is 14.5. The van der Waals surface area contributed by atoms with E-state index >= 15 is 0 Å². The van der Waals surface area contributed by atoms with Crippen LogP contribution < -0.4 is 19.5 Å². The molecule has 0 spiro atoms. The SMILES string of the molecule is C=CCCCCN(C)C(=O)[C@@H]1C[C@H](Oc2cc(-c3nc(C(C)C)cs3)nc3c(Cl)c(OC)ccc23)CN1C(=O)N[C@]1(C(=O)NS(=O)(=O)C2CC2)C[C@H]1C=C. The number of carbonyl (C=O) groups is 3. The predicted octanol–water partition coefficient (Wildman–Crippen LogP) is 6.04. The van der Waals surface area contributed by atoms with E-state index in [4.69, 9.17) is 31.0 Å². The number of methoxy groups -OCH3 is 1. The van der Waals surface area contributed by atoms with Gasteiger partial charge in [0.2, 0.25) is 15.9 Å². The number of pyridine rings is 1. The molecule has 3 aliphatic rings. The molecule has 16 heteroatoms. The number of likely N-dealkylation sites (tertiary alicyclic amines) is 1. The highest BCUT2D eigenvalue weighted by atomic mass is 35.5. The summed E-state index contributed by atoms with van der Waals surface area (Å²) in [5.41, 5.74) is 0.401. The number of aromatic nitrogens is 2. The average molecular weight is 799 g/mol. The summed E-state index contributed by atoms with van der Waals surface area (Å²) >= 11 is 8.25. The maximum absolute atomic E-state index is 14.2. The number of sulfonamides is 1. The van der Waals surface area contributed by atoms with Gasteiger partial charge in [-0.05, 0) is 56.6 Å². The standard InChI is InChI=1S/C38H47ClN6O7S2/c1-7-9-10-11-16-44(5)35(46)29-17-24(20-45(29)37(48)42-38(19-23(38)8-2)36(47)43-54(49,50)25-12-13-25)52-31-18-27(34-41-28(21-53-34)22(3)4)40-33-26(31)14-15-30(51-6)32(33)39/h7-8,14-15,18,21-25,29H,1-2,9-13,16-17,19-20H2,3-6H3,(H,42,48)(H,43,47)/t23-,24+,29+,38-/m1/s1. The Labute approximate surface area is 325 Å². The number of halogens is 1. The lowest BCUT2D eigenvalue weighted by Crippen LogP contribution is -2.57. The van der Waals surface area contributed by atoms with Crippen molar-refractivity contribution in [3.05, 3.63) is 59.6 Å². The third kappa shape index (κ3) is 8.08. The number of amides is 4. The summed E-state index contributed by atoms with van der Waals surface area (Å²) in [4.78, 5) is 54.4. The zero-order valence-corrected chi connectivity index (χ0v) is 33.4. The summed E-state index contributed by atoms with van der Waals surface area (Å²) in [6, 6.07) is 3.70. The Hall–Kier alpha value is -4.21. The fraction of sp³-hybridized carbons (Fsp3) is 0.500. The first-order valence-corrected chi connectivity index (χ1v) is 21.0. The van der Waals surface area contributed by atoms with Crippen LogP contribution in [0.25, 0.3) is 21.6 Å². The Morgan fingerprint density at radius 3 is 2.57 bits per heavy atom. The monoisotopic (exact) mass is 798 g/mol. The molecule has 1 saturated heterocycles. The van der Waals surface area contributed by atoms with E-state index in [0.29, 0.717) is 57.5 Å². The summed E-state index contributed by atoms with van der Waals surface area (Å²) in [5, 5.41) is 5.76. The van der Waals surface area contributed by atoms with Crippen molar-refractivity contribution in [2.75, 3.05) is 27.2 Å². The van der Waals surface area contributed by atoms with Crippen molar-refractivity contribution in [1.29, 1.82) is 0 Å². The number of hydrogen-bond acceptors (Lipinski definition) is 10. The van der Waals surface area contributed by atoms with Gasteiger partial charge in [-0.1, -0.05) is 37.6 Å². The van der Waals surface area contributed by atoms with Crippen LogP contribution in [0.3, 0.4) is 0 Å². The summed E-state index contributed by atoms with van der Waals surface area (Å²) in [6.07, 6.45) is 6.40. The lowest BCUT2D eigenvalue weighted by molar-refractivity contribution is -0.134. The molecule has 0 bridgehead atoms. The van der Waals surface area contributed by atoms with E-state index in [-0.39, 0.29) is 31.2 Å². The molecule has 13 nitrogen and oxygen atoms in total. The molecule has 0 radical (unpaired) electrons. The molecule has 3 fully saturated rings. The fourth-order valence-electron chi connectivity index (χ4n) is 6.74. The van der Waals surface area contributed by atoms with Gasteiger partial charge < -0.3 is 24.6 Å². The quantitative estimate of drug-likeness (QED) is 0.130. The van der Waals surface area contributed by atoms with Crippen molar-refractivity contribution in [2.45, 2.75) is 87.6 Å². The van der Waals surface area contributed by atoms with E-state index in [1.165, 1.54) is 29.4 Å². The molecule has 54 heavy (non-hydrogen) atoms. The highest BCUT2D eigenvalue weighted by Crippen LogP contribution is 2.46. The third-order valence-electron chi connectivity index (χ3n) is 10.3. The maximum Gasteiger partial charge on any atom is 0.319 e. The number of fused-ring (bicyclic) bond motifs is 1. The maximum atomic E-state index is 14.2. The zero-order valence-electron chi connectivity index (χ0n) is 31.0. The Morgan fingerprint density at radius 1 is 1.19 bits per heavy atom. The Balaban J connectivity index is 1.31. The highest BCUT2D eigenvalue weighted by Gasteiger charge is 2.62. The molecule has 3 aromatic rings. The zero-order chi connectivity index (χ0) is 38.9. The molecule has 2 aliphatic carbocycles. The molecule has 4 amide bonds. The molecule has 6 rings (SSSR count). The number of likely N-dealkylation sites (N-methyl/N-ethyl adjacent to an activating group) is 1. The predicted molar refractivity (Wildman–Crippen MR) is 209 cm³/mol. The van der Waals surface area contributed by atoms with Gasteiger partial charge in [-0.2, -0.15) is 0 Å². The van der Waals surface area contributed by atoms with E-state index < -0.39 is 50.8 Å². The van der Waals surface area contributed by atoms with Gasteiger partial charge in [-0.15, -0.1) is 24.5 Å². The van der Waals surface area contributed by atoms with Crippen LogP contribution in [0.15, 0.2) is 48.9 Å². The number of hydrogen-bond donors (Lipinski definition) is 2. The smallest absolute Gasteiger partial charge is 0.319 e. The Bertz CT molecular complexity index is 2070. The lowest BCUT2D eigenvalue weighted by Gasteiger charge is -2.29. The van der Waals surface area contributed by atoms with Gasteiger partial charge in [0.1, 0.15) is 44.9 Å². The van der Waals surface area contributed by atoms with E-state index in [9.17, 15) is 22.8 Å². The molecule has 2 aromatic heterocycles. The molecular formula is C38H47ClN6O7S2. The van der Waals surface area contributed by atoms with Crippen LogP contribution in [-0.2, 0) is 19.6 Å². The van der Waals surface area contributed by atoms with Crippen molar-refractivity contribution in [3.8, 4) is 22.2 Å². The number of nitrogens with zero attached hydrogens (tertiary/aromatic N) is 4. The van der Waals surface area contributed by atoms with Gasteiger partial charge in [0, 0.05) is 42.8 Å². The van der Waals surface area contributed by atoms with Crippen molar-refractivity contribution in [3.63, 3.8) is 0 Å². The topological polar surface area (TPSA) is 160 Å². The number of rotatable bonds is 16. The van der Waals surface area contributed by atoms with Crippen LogP contribution in [0.2, 0.25) is 5.02 Å². The van der Waals surface area contributed by atoms with Crippen LogP contribution in [0.1, 0.15) is 70.4 Å². The lowest BCUT2D eigenvalue weighted by atomic mass is 10.1. The number of benzene rings is 1. The molecule has 0 unspecified atom stereocenters. The van der Waals surface area contributed by atoms with Crippen LogP contribution >= 0.6 is 22.9 Å². The largest absolute Gasteiger partial charge is 0.495 e. The van der Waals surface area contributed by atoms with Gasteiger partial charge in [-0.25, -0.2) is 23.2 Å². The molecular weight excluding hydrogens is 752 g/mol. The fourth-order valence-corrected chi connectivity index (χ4v) is 9.33. The summed E-state index contributed by atoms with van der Waals surface area (Å²) in [5.74, 6) is -0.492. The Kier molecular flexibility index (Phi) is 11.6. The molecule has 3 heterocycles. The first-order valence-electron chi connectivity index (χ1n) is 18.2. The molecule has 2 saturated carbocycles. The van der Waals surface area contributed by atoms with Gasteiger partial charge in [0.15, 0.2) is 0 Å². The number of ether oxygens (including phenoxy) is 2. The average Bonchev–Trinajstić information content (AvgIpc) is 4.03. The van der Waals surface area contributed by atoms with Gasteiger partial charge >= 0.3 is 6.03 Å². The minimum atomic E-state index is -3.87. The molecule has 290 valence electrons. The van der Waals surface area contributed by atoms with Crippen LogP contribution in [0.4, 0.5) is 4.79 Å². The van der Waals surface area contributed by atoms with Crippen LogP contribution in [-0.4, -0.2) is 96.2 Å². The van der Waals surface area contributed by atoms with E-state index in [1.54, 1.807) is 30.1 Å². The van der Waals surface area contributed by atoms with Crippen molar-refractivity contribution in [2.24, 2.45) is 5.92 Å². The van der Waals surface area contributed by atoms with Crippen molar-refractivity contribution in [1.82, 2.24) is 29.8 Å². The number of nitrogens with one attached hydrogen (secondary N) is 2. The highest BCUT2D eigenvalue weighted by molar-refractivity contribution is 7.91. The van der Waals surface area contributed by atoms with E-state index in [0.717, 1.165) is 25.0 Å². The molecule has 2 N–H and O–H groups in total.